The number of aromatic amines is 1. The van der Waals surface area contributed by atoms with E-state index in [1.54, 1.807) is 30.5 Å². The summed E-state index contributed by atoms with van der Waals surface area (Å²) in [6, 6.07) is 10.3. The molecule has 1 aliphatic heterocycles. The van der Waals surface area contributed by atoms with E-state index < -0.39 is 11.8 Å². The Hall–Kier alpha value is -3.09. The van der Waals surface area contributed by atoms with E-state index >= 15 is 0 Å². The monoisotopic (exact) mass is 326 g/mol. The second-order valence-electron chi connectivity index (χ2n) is 5.61. The zero-order valence-electron chi connectivity index (χ0n) is 13.0. The van der Waals surface area contributed by atoms with E-state index in [-0.39, 0.29) is 5.91 Å². The minimum Gasteiger partial charge on any atom is -0.357 e. The van der Waals surface area contributed by atoms with Crippen LogP contribution in [0.3, 0.4) is 0 Å². The molecular formula is C17H18N4O3. The number of hydrazine groups is 1. The predicted octanol–water partition coefficient (Wildman–Crippen LogP) is 1.21. The first-order chi connectivity index (χ1) is 11.6. The molecule has 0 unspecified atom stereocenters. The van der Waals surface area contributed by atoms with Crippen molar-refractivity contribution in [3.05, 3.63) is 59.4 Å². The Kier molecular flexibility index (Phi) is 4.60. The highest BCUT2D eigenvalue weighted by atomic mass is 16.2. The summed E-state index contributed by atoms with van der Waals surface area (Å²) in [5.74, 6) is -0.653. The van der Waals surface area contributed by atoms with Gasteiger partial charge < -0.3 is 9.88 Å². The van der Waals surface area contributed by atoms with Crippen LogP contribution >= 0.6 is 0 Å². The molecule has 0 bridgehead atoms. The van der Waals surface area contributed by atoms with Crippen molar-refractivity contribution < 1.29 is 14.4 Å². The lowest BCUT2D eigenvalue weighted by Gasteiger charge is -2.15. The molecule has 1 fully saturated rings. The zero-order chi connectivity index (χ0) is 16.9. The van der Waals surface area contributed by atoms with Crippen LogP contribution in [0.2, 0.25) is 0 Å². The lowest BCUT2D eigenvalue weighted by Crippen LogP contribution is -2.41. The number of aromatic nitrogens is 1. The fourth-order valence-corrected chi connectivity index (χ4v) is 2.58. The van der Waals surface area contributed by atoms with Gasteiger partial charge in [-0.15, -0.1) is 0 Å². The third kappa shape index (κ3) is 3.62. The van der Waals surface area contributed by atoms with E-state index in [2.05, 4.69) is 15.8 Å². The summed E-state index contributed by atoms with van der Waals surface area (Å²) in [7, 11) is 0. The molecule has 7 heteroatoms. The first-order valence-electron chi connectivity index (χ1n) is 7.74. The first-order valence-corrected chi connectivity index (χ1v) is 7.74. The number of H-pyrrole nitrogens is 1. The Bertz CT molecular complexity index is 738. The third-order valence-electron chi connectivity index (χ3n) is 3.89. The smallest absolute Gasteiger partial charge is 0.286 e. The first kappa shape index (κ1) is 15.8. The van der Waals surface area contributed by atoms with Gasteiger partial charge in [0.1, 0.15) is 5.69 Å². The van der Waals surface area contributed by atoms with Crippen molar-refractivity contribution in [3.63, 3.8) is 0 Å². The molecule has 0 radical (unpaired) electrons. The van der Waals surface area contributed by atoms with Crippen LogP contribution in [0.1, 0.15) is 39.3 Å². The fraction of sp³-hybridized carbons (Fsp3) is 0.235. The van der Waals surface area contributed by atoms with Gasteiger partial charge in [0.2, 0.25) is 5.91 Å². The van der Waals surface area contributed by atoms with Gasteiger partial charge in [0, 0.05) is 31.3 Å². The van der Waals surface area contributed by atoms with Gasteiger partial charge in [0.25, 0.3) is 11.8 Å². The van der Waals surface area contributed by atoms with Gasteiger partial charge >= 0.3 is 0 Å². The highest BCUT2D eigenvalue weighted by Crippen LogP contribution is 2.14. The maximum Gasteiger partial charge on any atom is 0.286 e. The summed E-state index contributed by atoms with van der Waals surface area (Å²) in [5, 5.41) is 0. The molecule has 1 saturated heterocycles. The average molecular weight is 326 g/mol. The molecule has 3 amide bonds. The minimum atomic E-state index is -0.419. The normalized spacial score (nSPS) is 13.8. The highest BCUT2D eigenvalue weighted by Gasteiger charge is 2.20. The van der Waals surface area contributed by atoms with Crippen LogP contribution in [-0.2, 0) is 11.3 Å². The molecule has 2 aromatic rings. The van der Waals surface area contributed by atoms with E-state index in [0.717, 1.165) is 18.5 Å². The summed E-state index contributed by atoms with van der Waals surface area (Å²) >= 11 is 0. The third-order valence-corrected chi connectivity index (χ3v) is 3.89. The molecule has 0 atom stereocenters. The molecule has 2 heterocycles. The summed E-state index contributed by atoms with van der Waals surface area (Å²) in [6.07, 6.45) is 3.14. The van der Waals surface area contributed by atoms with Crippen LogP contribution in [0.15, 0.2) is 42.6 Å². The topological polar surface area (TPSA) is 94.3 Å². The molecule has 3 N–H and O–H groups in total. The number of nitrogens with one attached hydrogen (secondary N) is 3. The van der Waals surface area contributed by atoms with Crippen molar-refractivity contribution in [2.24, 2.45) is 0 Å². The van der Waals surface area contributed by atoms with Gasteiger partial charge in [-0.05, 0) is 36.2 Å². The molecular weight excluding hydrogens is 308 g/mol. The van der Waals surface area contributed by atoms with Crippen LogP contribution < -0.4 is 10.9 Å². The van der Waals surface area contributed by atoms with Gasteiger partial charge in [0.05, 0.1) is 0 Å². The van der Waals surface area contributed by atoms with Crippen molar-refractivity contribution in [3.8, 4) is 0 Å². The standard InChI is InChI=1S/C17H18N4O3/c22-15-4-2-10-21(15)11-12-5-7-13(8-6-12)16(23)19-20-17(24)14-3-1-9-18-14/h1,3,5-9,18H,2,4,10-11H2,(H,19,23)(H,20,24). The number of likely N-dealkylation sites (tertiary alicyclic amines) is 1. The lowest BCUT2D eigenvalue weighted by molar-refractivity contribution is -0.128. The Morgan fingerprint density at radius 3 is 2.46 bits per heavy atom. The maximum atomic E-state index is 12.0. The van der Waals surface area contributed by atoms with Gasteiger partial charge in [-0.3, -0.25) is 25.2 Å². The number of amides is 3. The quantitative estimate of drug-likeness (QED) is 0.737. The number of carbonyl (C=O) groups excluding carboxylic acids is 3. The van der Waals surface area contributed by atoms with Crippen LogP contribution in [0.5, 0.6) is 0 Å². The van der Waals surface area contributed by atoms with Crippen molar-refractivity contribution >= 4 is 17.7 Å². The predicted molar refractivity (Wildman–Crippen MR) is 86.8 cm³/mol. The largest absolute Gasteiger partial charge is 0.357 e. The molecule has 0 saturated carbocycles. The Balaban J connectivity index is 1.53. The number of rotatable bonds is 4. The van der Waals surface area contributed by atoms with Crippen molar-refractivity contribution in [1.29, 1.82) is 0 Å². The minimum absolute atomic E-state index is 0.170. The van der Waals surface area contributed by atoms with E-state index in [1.165, 1.54) is 0 Å². The fourth-order valence-electron chi connectivity index (χ4n) is 2.58. The van der Waals surface area contributed by atoms with Crippen LogP contribution in [-0.4, -0.2) is 34.2 Å². The zero-order valence-corrected chi connectivity index (χ0v) is 13.0. The molecule has 1 aliphatic rings. The van der Waals surface area contributed by atoms with E-state index in [4.69, 9.17) is 0 Å². The van der Waals surface area contributed by atoms with Crippen molar-refractivity contribution in [1.82, 2.24) is 20.7 Å². The summed E-state index contributed by atoms with van der Waals surface area (Å²) in [5.41, 5.74) is 6.46. The number of nitrogens with zero attached hydrogens (tertiary/aromatic N) is 1. The second-order valence-corrected chi connectivity index (χ2v) is 5.61. The number of benzene rings is 1. The number of hydrogen-bond donors (Lipinski definition) is 3. The van der Waals surface area contributed by atoms with E-state index in [1.807, 2.05) is 17.0 Å². The van der Waals surface area contributed by atoms with Gasteiger partial charge in [0.15, 0.2) is 0 Å². The van der Waals surface area contributed by atoms with E-state index in [0.29, 0.717) is 24.2 Å². The van der Waals surface area contributed by atoms with Crippen molar-refractivity contribution in [2.45, 2.75) is 19.4 Å². The molecule has 3 rings (SSSR count). The number of hydrogen-bond acceptors (Lipinski definition) is 3. The number of carbonyl (C=O) groups is 3. The summed E-state index contributed by atoms with van der Waals surface area (Å²) < 4.78 is 0. The average Bonchev–Trinajstić information content (AvgIpc) is 3.26. The lowest BCUT2D eigenvalue weighted by atomic mass is 10.1. The molecule has 1 aromatic heterocycles. The van der Waals surface area contributed by atoms with Gasteiger partial charge in [-0.25, -0.2) is 0 Å². The van der Waals surface area contributed by atoms with Crippen molar-refractivity contribution in [2.75, 3.05) is 6.54 Å². The molecule has 0 spiro atoms. The summed E-state index contributed by atoms with van der Waals surface area (Å²) in [4.78, 5) is 39.9. The SMILES string of the molecule is O=C(NNC(=O)c1ccc[nH]1)c1ccc(CN2CCCC2=O)cc1. The molecule has 124 valence electrons. The van der Waals surface area contributed by atoms with Gasteiger partial charge in [-0.1, -0.05) is 12.1 Å². The Labute approximate surface area is 139 Å². The highest BCUT2D eigenvalue weighted by molar-refractivity contribution is 5.98. The van der Waals surface area contributed by atoms with Crippen LogP contribution in [0.4, 0.5) is 0 Å². The van der Waals surface area contributed by atoms with E-state index in [9.17, 15) is 14.4 Å². The molecule has 0 aliphatic carbocycles. The summed E-state index contributed by atoms with van der Waals surface area (Å²) in [6.45, 7) is 1.34. The molecule has 1 aromatic carbocycles. The second kappa shape index (κ2) is 6.99. The van der Waals surface area contributed by atoms with Gasteiger partial charge in [-0.2, -0.15) is 0 Å². The maximum absolute atomic E-state index is 12.0. The Morgan fingerprint density at radius 1 is 1.08 bits per heavy atom. The molecule has 24 heavy (non-hydrogen) atoms. The van der Waals surface area contributed by atoms with Crippen LogP contribution in [0, 0.1) is 0 Å². The van der Waals surface area contributed by atoms with Crippen LogP contribution in [0.25, 0.3) is 0 Å². The molecule has 7 nitrogen and oxygen atoms in total. The Morgan fingerprint density at radius 2 is 1.83 bits per heavy atom.